The van der Waals surface area contributed by atoms with Crippen molar-refractivity contribution in [2.75, 3.05) is 19.6 Å². The van der Waals surface area contributed by atoms with Crippen molar-refractivity contribution in [3.8, 4) is 0 Å². The lowest BCUT2D eigenvalue weighted by molar-refractivity contribution is -0.141. The van der Waals surface area contributed by atoms with E-state index in [-0.39, 0.29) is 5.92 Å². The molecule has 3 nitrogen and oxygen atoms in total. The maximum atomic E-state index is 10.8. The molecule has 0 amide bonds. The Hall–Kier alpha value is -0.570. The highest BCUT2D eigenvalue weighted by molar-refractivity contribution is 5.69. The number of carboxylic acid groups (broad SMARTS) is 1. The predicted octanol–water partition coefficient (Wildman–Crippen LogP) is 2.36. The van der Waals surface area contributed by atoms with E-state index >= 15 is 0 Å². The molecule has 1 atom stereocenters. The maximum Gasteiger partial charge on any atom is 0.307 e. The van der Waals surface area contributed by atoms with Crippen molar-refractivity contribution in [1.82, 2.24) is 4.90 Å². The number of nitrogens with zero attached hydrogens (tertiary/aromatic N) is 1. The van der Waals surface area contributed by atoms with Crippen LogP contribution in [0.3, 0.4) is 0 Å². The van der Waals surface area contributed by atoms with E-state index in [2.05, 4.69) is 4.90 Å². The summed E-state index contributed by atoms with van der Waals surface area (Å²) < 4.78 is 0. The van der Waals surface area contributed by atoms with Gasteiger partial charge in [-0.1, -0.05) is 32.6 Å². The lowest BCUT2D eigenvalue weighted by Crippen LogP contribution is -2.33. The van der Waals surface area contributed by atoms with E-state index in [1.807, 2.05) is 0 Å². The summed E-state index contributed by atoms with van der Waals surface area (Å²) in [4.78, 5) is 13.1. The topological polar surface area (TPSA) is 40.5 Å². The number of carboxylic acids is 1. The van der Waals surface area contributed by atoms with Gasteiger partial charge >= 0.3 is 5.97 Å². The Morgan fingerprint density at radius 3 is 2.07 bits per heavy atom. The molecule has 0 radical (unpaired) electrons. The van der Waals surface area contributed by atoms with E-state index in [0.717, 1.165) is 19.6 Å². The van der Waals surface area contributed by atoms with Crippen LogP contribution in [0, 0.1) is 5.92 Å². The number of carbonyl (C=O) groups is 1. The van der Waals surface area contributed by atoms with E-state index in [4.69, 9.17) is 5.11 Å². The molecule has 1 unspecified atom stereocenters. The lowest BCUT2D eigenvalue weighted by atomic mass is 10.1. The smallest absolute Gasteiger partial charge is 0.307 e. The van der Waals surface area contributed by atoms with Crippen molar-refractivity contribution in [2.24, 2.45) is 5.92 Å². The van der Waals surface area contributed by atoms with Gasteiger partial charge < -0.3 is 10.0 Å². The Labute approximate surface area is 92.5 Å². The van der Waals surface area contributed by atoms with Crippen molar-refractivity contribution in [1.29, 1.82) is 0 Å². The first-order valence-electron chi connectivity index (χ1n) is 6.15. The van der Waals surface area contributed by atoms with Gasteiger partial charge in [0.15, 0.2) is 0 Å². The Morgan fingerprint density at radius 1 is 1.13 bits per heavy atom. The summed E-state index contributed by atoms with van der Waals surface area (Å²) in [6.45, 7) is 4.68. The first-order valence-corrected chi connectivity index (χ1v) is 6.15. The van der Waals surface area contributed by atoms with Crippen LogP contribution in [0.4, 0.5) is 0 Å². The van der Waals surface area contributed by atoms with E-state index in [9.17, 15) is 4.79 Å². The fourth-order valence-electron chi connectivity index (χ4n) is 2.14. The molecule has 1 aliphatic rings. The number of hydrogen-bond acceptors (Lipinski definition) is 2. The largest absolute Gasteiger partial charge is 0.481 e. The van der Waals surface area contributed by atoms with Crippen LogP contribution >= 0.6 is 0 Å². The summed E-state index contributed by atoms with van der Waals surface area (Å²) in [5.41, 5.74) is 0. The first kappa shape index (κ1) is 12.5. The van der Waals surface area contributed by atoms with Crippen LogP contribution in [0.15, 0.2) is 0 Å². The van der Waals surface area contributed by atoms with E-state index < -0.39 is 5.97 Å². The second-order valence-corrected chi connectivity index (χ2v) is 4.66. The molecule has 88 valence electrons. The molecule has 0 saturated carbocycles. The van der Waals surface area contributed by atoms with Crippen molar-refractivity contribution in [3.05, 3.63) is 0 Å². The van der Waals surface area contributed by atoms with Gasteiger partial charge in [-0.3, -0.25) is 4.79 Å². The first-order chi connectivity index (χ1) is 7.20. The zero-order valence-electron chi connectivity index (χ0n) is 9.74. The van der Waals surface area contributed by atoms with Gasteiger partial charge in [-0.15, -0.1) is 0 Å². The fraction of sp³-hybridized carbons (Fsp3) is 0.917. The normalized spacial score (nSPS) is 22.5. The molecule has 1 N–H and O–H groups in total. The maximum absolute atomic E-state index is 10.8. The van der Waals surface area contributed by atoms with E-state index in [0.29, 0.717) is 0 Å². The Balaban J connectivity index is 2.32. The van der Waals surface area contributed by atoms with Gasteiger partial charge in [0.1, 0.15) is 0 Å². The highest BCUT2D eigenvalue weighted by Gasteiger charge is 2.16. The number of hydrogen-bond donors (Lipinski definition) is 1. The Bertz CT molecular complexity index is 184. The van der Waals surface area contributed by atoms with Crippen molar-refractivity contribution < 1.29 is 9.90 Å². The van der Waals surface area contributed by atoms with Crippen LogP contribution in [0.2, 0.25) is 0 Å². The van der Waals surface area contributed by atoms with Crippen molar-refractivity contribution in [3.63, 3.8) is 0 Å². The molecular formula is C12H23NO2. The van der Waals surface area contributed by atoms with Gasteiger partial charge in [-0.2, -0.15) is 0 Å². The molecule has 1 fully saturated rings. The molecule has 1 heterocycles. The third kappa shape index (κ3) is 5.17. The van der Waals surface area contributed by atoms with Crippen LogP contribution < -0.4 is 0 Å². The summed E-state index contributed by atoms with van der Waals surface area (Å²) in [6, 6.07) is 0. The number of aliphatic carboxylic acids is 1. The molecule has 3 heteroatoms. The molecule has 0 aromatic heterocycles. The highest BCUT2D eigenvalue weighted by atomic mass is 16.4. The second-order valence-electron chi connectivity index (χ2n) is 4.66. The molecule has 1 rings (SSSR count). The molecule has 0 aromatic rings. The lowest BCUT2D eigenvalue weighted by Gasteiger charge is -2.23. The molecular weight excluding hydrogens is 190 g/mol. The molecule has 15 heavy (non-hydrogen) atoms. The van der Waals surface area contributed by atoms with E-state index in [1.165, 1.54) is 38.5 Å². The summed E-state index contributed by atoms with van der Waals surface area (Å²) in [6.07, 6.45) is 7.76. The molecule has 0 spiro atoms. The molecule has 0 aromatic carbocycles. The van der Waals surface area contributed by atoms with Gasteiger partial charge in [0.25, 0.3) is 0 Å². The van der Waals surface area contributed by atoms with Crippen LogP contribution in [0.25, 0.3) is 0 Å². The van der Waals surface area contributed by atoms with Gasteiger partial charge in [0.2, 0.25) is 0 Å². The standard InChI is InChI=1S/C12H23NO2/c1-11(12(14)15)10-13-8-6-4-2-3-5-7-9-13/h11H,2-10H2,1H3,(H,14,15). The third-order valence-electron chi connectivity index (χ3n) is 3.15. The average molecular weight is 213 g/mol. The third-order valence-corrected chi connectivity index (χ3v) is 3.15. The minimum atomic E-state index is -0.671. The SMILES string of the molecule is CC(CN1CCCCCCCC1)C(=O)O. The predicted molar refractivity (Wildman–Crippen MR) is 60.9 cm³/mol. The van der Waals surface area contributed by atoms with Gasteiger partial charge in [-0.25, -0.2) is 0 Å². The van der Waals surface area contributed by atoms with Gasteiger partial charge in [-0.05, 0) is 25.9 Å². The minimum Gasteiger partial charge on any atom is -0.481 e. The average Bonchev–Trinajstić information content (AvgIpc) is 2.31. The van der Waals surface area contributed by atoms with Crippen LogP contribution in [0.5, 0.6) is 0 Å². The fourth-order valence-corrected chi connectivity index (χ4v) is 2.14. The van der Waals surface area contributed by atoms with Gasteiger partial charge in [0.05, 0.1) is 5.92 Å². The molecule has 0 bridgehead atoms. The van der Waals surface area contributed by atoms with Crippen LogP contribution in [0.1, 0.15) is 45.4 Å². The summed E-state index contributed by atoms with van der Waals surface area (Å²) in [5, 5.41) is 8.87. The van der Waals surface area contributed by atoms with E-state index in [1.54, 1.807) is 6.92 Å². The van der Waals surface area contributed by atoms with Gasteiger partial charge in [0, 0.05) is 6.54 Å². The molecule has 1 aliphatic heterocycles. The quantitative estimate of drug-likeness (QED) is 0.782. The zero-order chi connectivity index (χ0) is 11.1. The van der Waals surface area contributed by atoms with Crippen molar-refractivity contribution >= 4 is 5.97 Å². The van der Waals surface area contributed by atoms with Crippen molar-refractivity contribution in [2.45, 2.75) is 45.4 Å². The highest BCUT2D eigenvalue weighted by Crippen LogP contribution is 2.12. The van der Waals surface area contributed by atoms with Crippen LogP contribution in [-0.4, -0.2) is 35.6 Å². The molecule has 1 saturated heterocycles. The number of rotatable bonds is 3. The zero-order valence-corrected chi connectivity index (χ0v) is 9.74. The summed E-state index contributed by atoms with van der Waals surface area (Å²) in [7, 11) is 0. The minimum absolute atomic E-state index is 0.231. The summed E-state index contributed by atoms with van der Waals surface area (Å²) >= 11 is 0. The summed E-state index contributed by atoms with van der Waals surface area (Å²) in [5.74, 6) is -0.902. The Morgan fingerprint density at radius 2 is 1.60 bits per heavy atom. The second kappa shape index (κ2) is 6.83. The monoisotopic (exact) mass is 213 g/mol. The molecule has 0 aliphatic carbocycles. The Kier molecular flexibility index (Phi) is 5.69. The van der Waals surface area contributed by atoms with Crippen LogP contribution in [-0.2, 0) is 4.79 Å².